The van der Waals surface area contributed by atoms with Crippen molar-refractivity contribution in [1.82, 2.24) is 0 Å². The second kappa shape index (κ2) is 8.01. The number of carbonyl (C=O) groups excluding carboxylic acids is 1. The maximum atomic E-state index is 12.2. The Balaban J connectivity index is 2.13. The van der Waals surface area contributed by atoms with Gasteiger partial charge in [-0.3, -0.25) is 4.79 Å². The van der Waals surface area contributed by atoms with E-state index < -0.39 is 12.1 Å². The number of carboxylic acids is 1. The van der Waals surface area contributed by atoms with Crippen LogP contribution in [0.3, 0.4) is 0 Å². The molecule has 0 fully saturated rings. The average molecular weight is 342 g/mol. The molecule has 0 bridgehead atoms. The highest BCUT2D eigenvalue weighted by Gasteiger charge is 2.12. The molecule has 0 aliphatic heterocycles. The third-order valence-corrected chi connectivity index (χ3v) is 3.41. The van der Waals surface area contributed by atoms with Crippen LogP contribution < -0.4 is 9.47 Å². The Morgan fingerprint density at radius 1 is 1.16 bits per heavy atom. The summed E-state index contributed by atoms with van der Waals surface area (Å²) < 4.78 is 10.3. The van der Waals surface area contributed by atoms with Gasteiger partial charge in [0, 0.05) is 5.56 Å². The Labute approximate surface area is 144 Å². The highest BCUT2D eigenvalue weighted by Crippen LogP contribution is 2.26. The number of rotatable bonds is 7. The van der Waals surface area contributed by atoms with Gasteiger partial charge in [0.2, 0.25) is 0 Å². The monoisotopic (exact) mass is 342 g/mol. The molecule has 0 radical (unpaired) electrons. The van der Waals surface area contributed by atoms with Gasteiger partial charge < -0.3 is 19.7 Å². The molecular formula is C19H18O6. The zero-order chi connectivity index (χ0) is 18.4. The van der Waals surface area contributed by atoms with E-state index in [-0.39, 0.29) is 17.3 Å². The van der Waals surface area contributed by atoms with Crippen LogP contribution >= 0.6 is 0 Å². The first-order chi connectivity index (χ1) is 11.9. The summed E-state index contributed by atoms with van der Waals surface area (Å²) in [6, 6.07) is 11.1. The standard InChI is InChI=1S/C19H18O6/c1-12(19(22)23)25-15-5-3-4-13(10-15)6-8-16(20)14-7-9-17(21)18(11-14)24-2/h3-12,21H,1-2H3,(H,22,23)/b8-6+/t12-/m0/s1. The SMILES string of the molecule is COc1cc(C(=O)/C=C/c2cccc(O[C@@H](C)C(=O)O)c2)ccc1O. The van der Waals surface area contributed by atoms with E-state index in [0.29, 0.717) is 16.9 Å². The van der Waals surface area contributed by atoms with Crippen LogP contribution in [-0.2, 0) is 4.79 Å². The summed E-state index contributed by atoms with van der Waals surface area (Å²) >= 11 is 0. The van der Waals surface area contributed by atoms with Crippen molar-refractivity contribution in [2.75, 3.05) is 7.11 Å². The van der Waals surface area contributed by atoms with E-state index >= 15 is 0 Å². The minimum atomic E-state index is -1.06. The van der Waals surface area contributed by atoms with E-state index in [1.807, 2.05) is 0 Å². The van der Waals surface area contributed by atoms with Crippen molar-refractivity contribution in [2.24, 2.45) is 0 Å². The smallest absolute Gasteiger partial charge is 0.344 e. The molecule has 25 heavy (non-hydrogen) atoms. The molecule has 0 aliphatic carbocycles. The number of phenols is 1. The number of hydrogen-bond acceptors (Lipinski definition) is 5. The van der Waals surface area contributed by atoms with Gasteiger partial charge in [0.15, 0.2) is 23.4 Å². The highest BCUT2D eigenvalue weighted by molar-refractivity contribution is 6.07. The third kappa shape index (κ3) is 4.84. The van der Waals surface area contributed by atoms with Crippen molar-refractivity contribution in [3.63, 3.8) is 0 Å². The number of carboxylic acid groups (broad SMARTS) is 1. The fourth-order valence-corrected chi connectivity index (χ4v) is 2.05. The maximum absolute atomic E-state index is 12.2. The second-order valence-electron chi connectivity index (χ2n) is 5.26. The first-order valence-corrected chi connectivity index (χ1v) is 7.49. The largest absolute Gasteiger partial charge is 0.504 e. The molecule has 2 N–H and O–H groups in total. The first kappa shape index (κ1) is 18.1. The van der Waals surface area contributed by atoms with Crippen LogP contribution in [0, 0.1) is 0 Å². The van der Waals surface area contributed by atoms with Crippen LogP contribution in [0.25, 0.3) is 6.08 Å². The molecule has 0 spiro atoms. The lowest BCUT2D eigenvalue weighted by atomic mass is 10.1. The number of ether oxygens (including phenoxy) is 2. The summed E-state index contributed by atoms with van der Waals surface area (Å²) in [6.45, 7) is 1.44. The number of aromatic hydroxyl groups is 1. The molecule has 0 unspecified atom stereocenters. The fraction of sp³-hybridized carbons (Fsp3) is 0.158. The summed E-state index contributed by atoms with van der Waals surface area (Å²) in [5.74, 6) is -0.741. The van der Waals surface area contributed by atoms with Gasteiger partial charge in [0.05, 0.1) is 7.11 Å². The molecule has 130 valence electrons. The van der Waals surface area contributed by atoms with E-state index in [1.165, 1.54) is 38.3 Å². The lowest BCUT2D eigenvalue weighted by Crippen LogP contribution is -2.22. The number of carbonyl (C=O) groups is 2. The minimum absolute atomic E-state index is 0.0413. The van der Waals surface area contributed by atoms with Crippen LogP contribution in [0.1, 0.15) is 22.8 Å². The number of phenolic OH excluding ortho intramolecular Hbond substituents is 1. The van der Waals surface area contributed by atoms with Gasteiger partial charge in [-0.2, -0.15) is 0 Å². The van der Waals surface area contributed by atoms with Crippen molar-refractivity contribution < 1.29 is 29.3 Å². The average Bonchev–Trinajstić information content (AvgIpc) is 2.60. The molecule has 0 saturated carbocycles. The Hall–Kier alpha value is -3.28. The summed E-state index contributed by atoms with van der Waals surface area (Å²) in [5.41, 5.74) is 1.06. The molecular weight excluding hydrogens is 324 g/mol. The van der Waals surface area contributed by atoms with E-state index in [1.54, 1.807) is 30.3 Å². The van der Waals surface area contributed by atoms with E-state index in [2.05, 4.69) is 0 Å². The summed E-state index contributed by atoms with van der Waals surface area (Å²) in [6.07, 6.45) is 2.01. The number of ketones is 1. The normalized spacial score (nSPS) is 11.9. The van der Waals surface area contributed by atoms with Crippen LogP contribution in [0.2, 0.25) is 0 Å². The van der Waals surface area contributed by atoms with Crippen LogP contribution in [-0.4, -0.2) is 35.2 Å². The molecule has 2 aromatic rings. The third-order valence-electron chi connectivity index (χ3n) is 3.41. The first-order valence-electron chi connectivity index (χ1n) is 7.49. The van der Waals surface area contributed by atoms with Crippen LogP contribution in [0.4, 0.5) is 0 Å². The van der Waals surface area contributed by atoms with Gasteiger partial charge in [-0.1, -0.05) is 18.2 Å². The van der Waals surface area contributed by atoms with Gasteiger partial charge in [0.25, 0.3) is 0 Å². The quantitative estimate of drug-likeness (QED) is 0.593. The van der Waals surface area contributed by atoms with Crippen molar-refractivity contribution in [1.29, 1.82) is 0 Å². The van der Waals surface area contributed by atoms with Gasteiger partial charge in [0.1, 0.15) is 5.75 Å². The van der Waals surface area contributed by atoms with E-state index in [9.17, 15) is 14.7 Å². The lowest BCUT2D eigenvalue weighted by molar-refractivity contribution is -0.144. The molecule has 1 atom stereocenters. The fourth-order valence-electron chi connectivity index (χ4n) is 2.05. The van der Waals surface area contributed by atoms with Crippen molar-refractivity contribution in [3.05, 3.63) is 59.7 Å². The Kier molecular flexibility index (Phi) is 5.79. The summed E-state index contributed by atoms with van der Waals surface area (Å²) in [4.78, 5) is 23.0. The Bertz CT molecular complexity index is 809. The molecule has 0 aromatic heterocycles. The predicted molar refractivity (Wildman–Crippen MR) is 92.2 cm³/mol. The Morgan fingerprint density at radius 2 is 1.92 bits per heavy atom. The Morgan fingerprint density at radius 3 is 2.60 bits per heavy atom. The molecule has 0 heterocycles. The van der Waals surface area contributed by atoms with E-state index in [4.69, 9.17) is 14.6 Å². The maximum Gasteiger partial charge on any atom is 0.344 e. The molecule has 0 amide bonds. The number of hydrogen-bond donors (Lipinski definition) is 2. The molecule has 0 saturated heterocycles. The van der Waals surface area contributed by atoms with E-state index in [0.717, 1.165) is 0 Å². The predicted octanol–water partition coefficient (Wildman–Crippen LogP) is 3.15. The molecule has 2 aromatic carbocycles. The van der Waals surface area contributed by atoms with Crippen molar-refractivity contribution in [2.45, 2.75) is 13.0 Å². The van der Waals surface area contributed by atoms with Crippen molar-refractivity contribution in [3.8, 4) is 17.2 Å². The zero-order valence-electron chi connectivity index (χ0n) is 13.8. The number of aliphatic carboxylic acids is 1. The highest BCUT2D eigenvalue weighted by atomic mass is 16.5. The van der Waals surface area contributed by atoms with Gasteiger partial charge in [-0.05, 0) is 48.9 Å². The van der Waals surface area contributed by atoms with Gasteiger partial charge in [-0.15, -0.1) is 0 Å². The van der Waals surface area contributed by atoms with Gasteiger partial charge in [-0.25, -0.2) is 4.79 Å². The molecule has 6 nitrogen and oxygen atoms in total. The zero-order valence-corrected chi connectivity index (χ0v) is 13.8. The number of allylic oxidation sites excluding steroid dienone is 1. The van der Waals surface area contributed by atoms with Crippen LogP contribution in [0.15, 0.2) is 48.5 Å². The van der Waals surface area contributed by atoms with Gasteiger partial charge >= 0.3 is 5.97 Å². The summed E-state index contributed by atoms with van der Waals surface area (Å²) in [5, 5.41) is 18.4. The molecule has 6 heteroatoms. The van der Waals surface area contributed by atoms with Crippen molar-refractivity contribution >= 4 is 17.8 Å². The topological polar surface area (TPSA) is 93.1 Å². The lowest BCUT2D eigenvalue weighted by Gasteiger charge is -2.10. The molecule has 0 aliphatic rings. The number of methoxy groups -OCH3 is 1. The summed E-state index contributed by atoms with van der Waals surface area (Å²) in [7, 11) is 1.41. The molecule has 2 rings (SSSR count). The van der Waals surface area contributed by atoms with Crippen LogP contribution in [0.5, 0.6) is 17.2 Å². The minimum Gasteiger partial charge on any atom is -0.504 e. The second-order valence-corrected chi connectivity index (χ2v) is 5.26. The number of benzene rings is 2.